The summed E-state index contributed by atoms with van der Waals surface area (Å²) in [5.41, 5.74) is 4.82. The number of rotatable bonds is 4. The monoisotopic (exact) mass is 423 g/mol. The molecule has 2 nitrogen and oxygen atoms in total. The van der Waals surface area contributed by atoms with Gasteiger partial charge in [0.1, 0.15) is 5.78 Å². The second-order valence-electron chi connectivity index (χ2n) is 8.18. The smallest absolute Gasteiger partial charge is 0.168 e. The fourth-order valence-electron chi connectivity index (χ4n) is 4.67. The summed E-state index contributed by atoms with van der Waals surface area (Å²) in [6, 6.07) is 37.2. The largest absolute Gasteiger partial charge is 0.357 e. The molecule has 31 heavy (non-hydrogen) atoms. The quantitative estimate of drug-likeness (QED) is 0.371. The van der Waals surface area contributed by atoms with Crippen molar-refractivity contribution in [2.75, 3.05) is 11.4 Å². The highest BCUT2D eigenvalue weighted by Gasteiger charge is 2.44. The number of anilines is 1. The number of hydrogen-bond donors (Lipinski definition) is 0. The van der Waals surface area contributed by atoms with Crippen LogP contribution in [0.15, 0.2) is 109 Å². The van der Waals surface area contributed by atoms with Crippen LogP contribution in [0.25, 0.3) is 0 Å². The molecule has 0 bridgehead atoms. The van der Waals surface area contributed by atoms with Gasteiger partial charge in [-0.25, -0.2) is 0 Å². The van der Waals surface area contributed by atoms with Crippen LogP contribution in [-0.2, 0) is 11.0 Å². The summed E-state index contributed by atoms with van der Waals surface area (Å²) in [5, 5.41) is 1.81. The van der Waals surface area contributed by atoms with Crippen LogP contribution in [0.3, 0.4) is 0 Å². The first-order valence-corrected chi connectivity index (χ1v) is 12.6. The molecule has 1 aliphatic heterocycles. The first-order chi connectivity index (χ1) is 15.2. The van der Waals surface area contributed by atoms with Gasteiger partial charge in [0.05, 0.1) is 0 Å². The topological polar surface area (TPSA) is 20.3 Å². The van der Waals surface area contributed by atoms with Crippen LogP contribution in [0, 0.1) is 6.92 Å². The first kappa shape index (κ1) is 19.8. The van der Waals surface area contributed by atoms with Crippen molar-refractivity contribution in [2.45, 2.75) is 19.1 Å². The maximum Gasteiger partial charge on any atom is 0.168 e. The number of aryl methyl sites for hydroxylation is 1. The lowest BCUT2D eigenvalue weighted by Crippen LogP contribution is -2.39. The van der Waals surface area contributed by atoms with Crippen LogP contribution >= 0.6 is 7.14 Å². The number of hydrogen-bond acceptors (Lipinski definition) is 2. The Labute approximate surface area is 184 Å². The molecule has 4 aromatic rings. The summed E-state index contributed by atoms with van der Waals surface area (Å²) >= 11 is 0. The molecule has 0 unspecified atom stereocenters. The Morgan fingerprint density at radius 3 is 1.87 bits per heavy atom. The Bertz CT molecular complexity index is 1180. The van der Waals surface area contributed by atoms with Crippen LogP contribution < -0.4 is 15.5 Å². The third kappa shape index (κ3) is 3.52. The van der Waals surface area contributed by atoms with Gasteiger partial charge >= 0.3 is 0 Å². The van der Waals surface area contributed by atoms with E-state index in [-0.39, 0.29) is 5.78 Å². The van der Waals surface area contributed by atoms with E-state index in [1.54, 1.807) is 0 Å². The predicted octanol–water partition coefficient (Wildman–Crippen LogP) is 6.07. The average Bonchev–Trinajstić information content (AvgIpc) is 2.84. The van der Waals surface area contributed by atoms with Crippen molar-refractivity contribution in [1.29, 1.82) is 0 Å². The Morgan fingerprint density at radius 1 is 0.710 bits per heavy atom. The molecule has 4 aromatic carbocycles. The normalized spacial score (nSPS) is 16.0. The molecular weight excluding hydrogens is 397 g/mol. The zero-order valence-corrected chi connectivity index (χ0v) is 18.6. The second kappa shape index (κ2) is 8.21. The van der Waals surface area contributed by atoms with E-state index in [1.165, 1.54) is 16.7 Å². The van der Waals surface area contributed by atoms with Crippen molar-refractivity contribution >= 4 is 23.4 Å². The molecule has 0 aliphatic carbocycles. The molecule has 0 amide bonds. The highest BCUT2D eigenvalue weighted by molar-refractivity contribution is 7.79. The van der Waals surface area contributed by atoms with Crippen LogP contribution in [0.4, 0.5) is 5.69 Å². The molecule has 0 N–H and O–H groups in total. The van der Waals surface area contributed by atoms with Crippen molar-refractivity contribution in [3.05, 3.63) is 126 Å². The third-order valence-electron chi connectivity index (χ3n) is 6.24. The van der Waals surface area contributed by atoms with Crippen LogP contribution in [0.5, 0.6) is 0 Å². The summed E-state index contributed by atoms with van der Waals surface area (Å²) in [6.07, 6.45) is 0.949. The lowest BCUT2D eigenvalue weighted by Gasteiger charge is -2.43. The summed E-state index contributed by atoms with van der Waals surface area (Å²) in [6.45, 7) is 2.94. The third-order valence-corrected chi connectivity index (χ3v) is 9.62. The van der Waals surface area contributed by atoms with Crippen molar-refractivity contribution in [1.82, 2.24) is 0 Å². The van der Waals surface area contributed by atoms with E-state index in [2.05, 4.69) is 60.4 Å². The number of nitrogens with zero attached hydrogens (tertiary/aromatic N) is 1. The van der Waals surface area contributed by atoms with Crippen molar-refractivity contribution in [3.8, 4) is 0 Å². The minimum Gasteiger partial charge on any atom is -0.357 e. The van der Waals surface area contributed by atoms with Gasteiger partial charge < -0.3 is 9.46 Å². The molecule has 5 rings (SSSR count). The van der Waals surface area contributed by atoms with Crippen LogP contribution in [-0.4, -0.2) is 6.54 Å². The summed E-state index contributed by atoms with van der Waals surface area (Å²) < 4.78 is 15.3. The average molecular weight is 423 g/mol. The number of benzene rings is 4. The van der Waals surface area contributed by atoms with Gasteiger partial charge in [-0.15, -0.1) is 0 Å². The molecule has 0 aromatic heterocycles. The Morgan fingerprint density at radius 2 is 1.26 bits per heavy atom. The lowest BCUT2D eigenvalue weighted by molar-refractivity contribution is 0.569. The molecular formula is C28H26NOP. The van der Waals surface area contributed by atoms with Gasteiger partial charge in [0.15, 0.2) is 7.14 Å². The van der Waals surface area contributed by atoms with Gasteiger partial charge in [-0.3, -0.25) is 0 Å². The highest BCUT2D eigenvalue weighted by Crippen LogP contribution is 2.61. The number of fused-ring (bicyclic) bond motifs is 1. The van der Waals surface area contributed by atoms with Gasteiger partial charge in [-0.2, -0.15) is 0 Å². The first-order valence-electron chi connectivity index (χ1n) is 10.8. The maximum absolute atomic E-state index is 15.3. The molecule has 0 fully saturated rings. The molecule has 1 heterocycles. The minimum absolute atomic E-state index is 0.245. The molecule has 1 atom stereocenters. The van der Waals surface area contributed by atoms with Crippen molar-refractivity contribution in [2.24, 2.45) is 0 Å². The van der Waals surface area contributed by atoms with E-state index in [0.29, 0.717) is 0 Å². The molecule has 0 saturated carbocycles. The minimum atomic E-state index is -3.04. The van der Waals surface area contributed by atoms with Gasteiger partial charge in [0.2, 0.25) is 0 Å². The van der Waals surface area contributed by atoms with Gasteiger partial charge in [0.25, 0.3) is 0 Å². The zero-order valence-electron chi connectivity index (χ0n) is 17.7. The van der Waals surface area contributed by atoms with Gasteiger partial charge in [-0.05, 0) is 36.6 Å². The predicted molar refractivity (Wildman–Crippen MR) is 131 cm³/mol. The molecule has 0 saturated heterocycles. The van der Waals surface area contributed by atoms with E-state index < -0.39 is 7.14 Å². The molecule has 0 spiro atoms. The van der Waals surface area contributed by atoms with E-state index in [0.717, 1.165) is 29.3 Å². The molecule has 3 heteroatoms. The van der Waals surface area contributed by atoms with E-state index in [4.69, 9.17) is 0 Å². The molecule has 1 aliphatic rings. The Hall–Kier alpha value is -3.09. The second-order valence-corrected chi connectivity index (χ2v) is 11.0. The Kier molecular flexibility index (Phi) is 5.26. The fraction of sp³-hybridized carbons (Fsp3) is 0.143. The Balaban J connectivity index is 1.78. The SMILES string of the molecule is Cc1ccc(N2CCc3ccccc3[C@@H]2P(=O)(c2ccccc2)c2ccccc2)cc1. The van der Waals surface area contributed by atoms with Gasteiger partial charge in [0, 0.05) is 22.8 Å². The summed E-state index contributed by atoms with van der Waals surface area (Å²) in [7, 11) is -3.04. The van der Waals surface area contributed by atoms with Crippen LogP contribution in [0.2, 0.25) is 0 Å². The molecule has 0 radical (unpaired) electrons. The van der Waals surface area contributed by atoms with Crippen LogP contribution in [0.1, 0.15) is 22.5 Å². The molecule has 154 valence electrons. The lowest BCUT2D eigenvalue weighted by atomic mass is 9.99. The van der Waals surface area contributed by atoms with Crippen molar-refractivity contribution in [3.63, 3.8) is 0 Å². The highest BCUT2D eigenvalue weighted by atomic mass is 31.2. The van der Waals surface area contributed by atoms with Crippen molar-refractivity contribution < 1.29 is 4.57 Å². The van der Waals surface area contributed by atoms with E-state index >= 15 is 4.57 Å². The van der Waals surface area contributed by atoms with E-state index in [1.807, 2.05) is 60.7 Å². The zero-order chi connectivity index (χ0) is 21.3. The fourth-order valence-corrected chi connectivity index (χ4v) is 8.05. The van der Waals surface area contributed by atoms with Gasteiger partial charge in [-0.1, -0.05) is 103 Å². The van der Waals surface area contributed by atoms with E-state index in [9.17, 15) is 0 Å². The summed E-state index contributed by atoms with van der Waals surface area (Å²) in [4.78, 5) is 2.36. The summed E-state index contributed by atoms with van der Waals surface area (Å²) in [5.74, 6) is -0.245. The maximum atomic E-state index is 15.3. The standard InChI is InChI=1S/C28H26NOP/c1-22-16-18-24(19-17-22)29-21-20-23-10-8-9-15-27(23)28(29)31(30,25-11-4-2-5-12-25)26-13-6-3-7-14-26/h2-19,28H,20-21H2,1H3/t28-/m0/s1.